The molecule has 0 spiro atoms. The molecule has 3 aromatic rings. The standard InChI is InChI=1S/C23H27F2N5O2.HI/c1-3-26-23(28-15-19-13-20(31-2)8-9-21(19)32-22(24)25)27-14-17-6-4-7-18(12-17)16-30-11-5-10-29-30;/h4-13,22H,3,14-16H2,1-2H3,(H2,26,27,28);1H. The maximum atomic E-state index is 12.7. The third-order valence-corrected chi connectivity index (χ3v) is 4.59. The fourth-order valence-electron chi connectivity index (χ4n) is 3.13. The SMILES string of the molecule is CCNC(=NCc1cccc(Cn2cccn2)c1)NCc1cc(OC)ccc1OC(F)F.I. The number of hydrogen-bond acceptors (Lipinski definition) is 4. The van der Waals surface area contributed by atoms with Gasteiger partial charge < -0.3 is 20.1 Å². The van der Waals surface area contributed by atoms with E-state index in [1.165, 1.54) is 13.2 Å². The first-order valence-electron chi connectivity index (χ1n) is 10.3. The van der Waals surface area contributed by atoms with Gasteiger partial charge in [-0.25, -0.2) is 4.99 Å². The van der Waals surface area contributed by atoms with E-state index in [4.69, 9.17) is 4.74 Å². The third-order valence-electron chi connectivity index (χ3n) is 4.59. The Bertz CT molecular complexity index is 1020. The van der Waals surface area contributed by atoms with E-state index in [1.54, 1.807) is 18.3 Å². The summed E-state index contributed by atoms with van der Waals surface area (Å²) in [5.41, 5.74) is 2.72. The zero-order valence-corrected chi connectivity index (χ0v) is 20.8. The summed E-state index contributed by atoms with van der Waals surface area (Å²) < 4.78 is 37.2. The predicted octanol–water partition coefficient (Wildman–Crippen LogP) is 4.41. The number of halogens is 3. The second-order valence-corrected chi connectivity index (χ2v) is 6.92. The highest BCUT2D eigenvalue weighted by Crippen LogP contribution is 2.25. The van der Waals surface area contributed by atoms with Gasteiger partial charge in [-0.2, -0.15) is 13.9 Å². The van der Waals surface area contributed by atoms with Crippen molar-refractivity contribution in [2.75, 3.05) is 13.7 Å². The van der Waals surface area contributed by atoms with Crippen LogP contribution in [-0.4, -0.2) is 36.0 Å². The molecule has 2 aromatic carbocycles. The quantitative estimate of drug-likeness (QED) is 0.214. The van der Waals surface area contributed by atoms with Crippen LogP contribution >= 0.6 is 24.0 Å². The number of aliphatic imine (C=N–C) groups is 1. The molecule has 0 radical (unpaired) electrons. The van der Waals surface area contributed by atoms with Crippen molar-refractivity contribution in [3.8, 4) is 11.5 Å². The fourth-order valence-corrected chi connectivity index (χ4v) is 3.13. The second-order valence-electron chi connectivity index (χ2n) is 6.92. The maximum Gasteiger partial charge on any atom is 0.387 e. The summed E-state index contributed by atoms with van der Waals surface area (Å²) >= 11 is 0. The fraction of sp³-hybridized carbons (Fsp3) is 0.304. The van der Waals surface area contributed by atoms with Crippen LogP contribution < -0.4 is 20.1 Å². The Morgan fingerprint density at radius 3 is 2.64 bits per heavy atom. The summed E-state index contributed by atoms with van der Waals surface area (Å²) in [5, 5.41) is 10.6. The van der Waals surface area contributed by atoms with Crippen LogP contribution in [0.15, 0.2) is 65.9 Å². The summed E-state index contributed by atoms with van der Waals surface area (Å²) in [5.74, 6) is 1.21. The summed E-state index contributed by atoms with van der Waals surface area (Å²) in [6.07, 6.45) is 3.67. The highest BCUT2D eigenvalue weighted by atomic mass is 127. The maximum absolute atomic E-state index is 12.7. The molecular formula is C23H28F2IN5O2. The molecule has 0 fully saturated rings. The summed E-state index contributed by atoms with van der Waals surface area (Å²) in [4.78, 5) is 4.62. The zero-order valence-electron chi connectivity index (χ0n) is 18.5. The van der Waals surface area contributed by atoms with Crippen molar-refractivity contribution in [3.05, 3.63) is 77.6 Å². The van der Waals surface area contributed by atoms with E-state index in [2.05, 4.69) is 31.5 Å². The van der Waals surface area contributed by atoms with Gasteiger partial charge in [-0.3, -0.25) is 4.68 Å². The van der Waals surface area contributed by atoms with E-state index in [0.29, 0.717) is 36.9 Å². The minimum atomic E-state index is -2.90. The minimum absolute atomic E-state index is 0. The number of benzene rings is 2. The van der Waals surface area contributed by atoms with E-state index in [9.17, 15) is 8.78 Å². The first-order chi connectivity index (χ1) is 15.6. The first-order valence-corrected chi connectivity index (χ1v) is 10.3. The Morgan fingerprint density at radius 1 is 1.12 bits per heavy atom. The molecule has 0 atom stereocenters. The van der Waals surface area contributed by atoms with Crippen molar-refractivity contribution in [1.29, 1.82) is 0 Å². The van der Waals surface area contributed by atoms with Crippen molar-refractivity contribution in [1.82, 2.24) is 20.4 Å². The molecule has 0 unspecified atom stereocenters. The molecule has 1 aromatic heterocycles. The van der Waals surface area contributed by atoms with E-state index in [0.717, 1.165) is 11.1 Å². The predicted molar refractivity (Wildman–Crippen MR) is 134 cm³/mol. The van der Waals surface area contributed by atoms with Gasteiger partial charge in [0.1, 0.15) is 11.5 Å². The number of nitrogens with zero attached hydrogens (tertiary/aromatic N) is 3. The number of rotatable bonds is 10. The van der Waals surface area contributed by atoms with E-state index < -0.39 is 6.61 Å². The summed E-state index contributed by atoms with van der Waals surface area (Å²) in [7, 11) is 1.52. The number of aromatic nitrogens is 2. The molecule has 10 heteroatoms. The Morgan fingerprint density at radius 2 is 1.94 bits per heavy atom. The van der Waals surface area contributed by atoms with Gasteiger partial charge >= 0.3 is 6.61 Å². The van der Waals surface area contributed by atoms with Crippen LogP contribution in [0, 0.1) is 0 Å². The molecule has 7 nitrogen and oxygen atoms in total. The molecule has 0 amide bonds. The highest BCUT2D eigenvalue weighted by molar-refractivity contribution is 14.0. The smallest absolute Gasteiger partial charge is 0.387 e. The second kappa shape index (κ2) is 13.6. The molecule has 0 aliphatic rings. The molecule has 0 saturated carbocycles. The molecule has 33 heavy (non-hydrogen) atoms. The van der Waals surface area contributed by atoms with Crippen LogP contribution in [0.25, 0.3) is 0 Å². The number of methoxy groups -OCH3 is 1. The van der Waals surface area contributed by atoms with Crippen LogP contribution in [0.3, 0.4) is 0 Å². The van der Waals surface area contributed by atoms with Gasteiger partial charge in [0.15, 0.2) is 5.96 Å². The molecule has 0 saturated heterocycles. The first kappa shape index (κ1) is 26.4. The number of ether oxygens (including phenoxy) is 2. The summed E-state index contributed by atoms with van der Waals surface area (Å²) in [6, 6.07) is 14.7. The van der Waals surface area contributed by atoms with Gasteiger partial charge in [0.05, 0.1) is 20.2 Å². The van der Waals surface area contributed by atoms with Crippen molar-refractivity contribution in [3.63, 3.8) is 0 Å². The molecule has 3 rings (SSSR count). The minimum Gasteiger partial charge on any atom is -0.497 e. The van der Waals surface area contributed by atoms with Gasteiger partial charge in [0.25, 0.3) is 0 Å². The molecule has 1 heterocycles. The van der Waals surface area contributed by atoms with Crippen molar-refractivity contribution < 1.29 is 18.3 Å². The number of guanidine groups is 1. The van der Waals surface area contributed by atoms with Gasteiger partial charge in [-0.05, 0) is 42.3 Å². The Balaban J connectivity index is 0.00000385. The van der Waals surface area contributed by atoms with Gasteiger partial charge in [0, 0.05) is 31.0 Å². The van der Waals surface area contributed by atoms with Crippen LogP contribution in [0.2, 0.25) is 0 Å². The molecule has 0 aliphatic carbocycles. The lowest BCUT2D eigenvalue weighted by Crippen LogP contribution is -2.36. The van der Waals surface area contributed by atoms with Crippen LogP contribution in [0.4, 0.5) is 8.78 Å². The molecule has 2 N–H and O–H groups in total. The van der Waals surface area contributed by atoms with E-state index in [-0.39, 0.29) is 36.3 Å². The van der Waals surface area contributed by atoms with Crippen molar-refractivity contribution in [2.24, 2.45) is 4.99 Å². The average molecular weight is 571 g/mol. The molecular weight excluding hydrogens is 543 g/mol. The Kier molecular flexibility index (Phi) is 10.9. The number of alkyl halides is 2. The number of hydrogen-bond donors (Lipinski definition) is 2. The van der Waals surface area contributed by atoms with Gasteiger partial charge in [0.2, 0.25) is 0 Å². The van der Waals surface area contributed by atoms with Crippen molar-refractivity contribution in [2.45, 2.75) is 33.2 Å². The molecule has 0 bridgehead atoms. The van der Waals surface area contributed by atoms with Crippen LogP contribution in [-0.2, 0) is 19.6 Å². The van der Waals surface area contributed by atoms with Gasteiger partial charge in [-0.1, -0.05) is 24.3 Å². The number of nitrogens with one attached hydrogen (secondary N) is 2. The third kappa shape index (κ3) is 8.52. The van der Waals surface area contributed by atoms with E-state index in [1.807, 2.05) is 42.1 Å². The van der Waals surface area contributed by atoms with Crippen LogP contribution in [0.1, 0.15) is 23.6 Å². The average Bonchev–Trinajstić information content (AvgIpc) is 3.29. The topological polar surface area (TPSA) is 72.7 Å². The molecule has 0 aliphatic heterocycles. The Hall–Kier alpha value is -2.89. The lowest BCUT2D eigenvalue weighted by atomic mass is 10.1. The largest absolute Gasteiger partial charge is 0.497 e. The Labute approximate surface area is 209 Å². The summed E-state index contributed by atoms with van der Waals surface area (Å²) in [6.45, 7) is 1.09. The van der Waals surface area contributed by atoms with Gasteiger partial charge in [-0.15, -0.1) is 24.0 Å². The van der Waals surface area contributed by atoms with Crippen molar-refractivity contribution >= 4 is 29.9 Å². The monoisotopic (exact) mass is 571 g/mol. The normalized spacial score (nSPS) is 11.1. The zero-order chi connectivity index (χ0) is 22.8. The lowest BCUT2D eigenvalue weighted by molar-refractivity contribution is -0.0504. The lowest BCUT2D eigenvalue weighted by Gasteiger charge is -2.15. The van der Waals surface area contributed by atoms with E-state index >= 15 is 0 Å². The molecule has 178 valence electrons. The highest BCUT2D eigenvalue weighted by Gasteiger charge is 2.11. The van der Waals surface area contributed by atoms with Crippen LogP contribution in [0.5, 0.6) is 11.5 Å².